The van der Waals surface area contributed by atoms with E-state index in [2.05, 4.69) is 28.9 Å². The molecule has 8 nitrogen and oxygen atoms in total. The number of carbonyl (C=O) groups is 4. The Labute approximate surface area is 148 Å². The summed E-state index contributed by atoms with van der Waals surface area (Å²) in [5.74, 6) is -1.70. The maximum absolute atomic E-state index is 12.1. The molecule has 0 aromatic carbocycles. The number of hydrogen-bond donors (Lipinski definition) is 2. The molecule has 0 bridgehead atoms. The van der Waals surface area contributed by atoms with E-state index in [0.717, 1.165) is 19.3 Å². The molecule has 1 aliphatic heterocycles. The Bertz CT molecular complexity index is 499. The highest BCUT2D eigenvalue weighted by molar-refractivity contribution is 5.87. The molecule has 25 heavy (non-hydrogen) atoms. The number of nitrogens with one attached hydrogen (secondary N) is 2. The molecule has 3 atom stereocenters. The van der Waals surface area contributed by atoms with E-state index in [9.17, 15) is 19.2 Å². The maximum Gasteiger partial charge on any atom is 0.353 e. The maximum atomic E-state index is 12.1. The monoisotopic (exact) mass is 355 g/mol. The van der Waals surface area contributed by atoms with Crippen LogP contribution in [0.1, 0.15) is 59.8 Å². The van der Waals surface area contributed by atoms with Gasteiger partial charge in [-0.25, -0.2) is 4.79 Å². The van der Waals surface area contributed by atoms with E-state index in [1.54, 1.807) is 0 Å². The number of nitrogens with zero attached hydrogens (tertiary/aromatic N) is 1. The lowest BCUT2D eigenvalue weighted by Gasteiger charge is -2.38. The molecule has 2 N–H and O–H groups in total. The summed E-state index contributed by atoms with van der Waals surface area (Å²) in [6.45, 7) is 7.28. The van der Waals surface area contributed by atoms with Gasteiger partial charge in [0, 0.05) is 24.9 Å². The van der Waals surface area contributed by atoms with E-state index in [-0.39, 0.29) is 31.1 Å². The van der Waals surface area contributed by atoms with Crippen LogP contribution in [0.25, 0.3) is 0 Å². The van der Waals surface area contributed by atoms with Crippen LogP contribution < -0.4 is 10.8 Å². The zero-order valence-corrected chi connectivity index (χ0v) is 15.5. The highest BCUT2D eigenvalue weighted by Gasteiger charge is 2.27. The number of carbonyl (C=O) groups excluding carboxylic acids is 4. The average Bonchev–Trinajstić information content (AvgIpc) is 2.54. The van der Waals surface area contributed by atoms with Crippen LogP contribution in [0.5, 0.6) is 0 Å². The van der Waals surface area contributed by atoms with Crippen molar-refractivity contribution in [2.24, 2.45) is 0 Å². The predicted octanol–water partition coefficient (Wildman–Crippen LogP) is 0.698. The molecular formula is C17H29N3O5. The topological polar surface area (TPSA) is 105 Å². The van der Waals surface area contributed by atoms with Crippen molar-refractivity contribution in [2.75, 3.05) is 6.54 Å². The molecule has 0 aliphatic carbocycles. The number of ketones is 1. The van der Waals surface area contributed by atoms with Crippen LogP contribution >= 0.6 is 0 Å². The van der Waals surface area contributed by atoms with Crippen molar-refractivity contribution in [3.05, 3.63) is 0 Å². The molecule has 0 radical (unpaired) electrons. The van der Waals surface area contributed by atoms with Crippen molar-refractivity contribution in [3.8, 4) is 0 Å². The second kappa shape index (κ2) is 10.1. The molecule has 0 aromatic rings. The van der Waals surface area contributed by atoms with Gasteiger partial charge in [-0.15, -0.1) is 0 Å². The molecule has 8 heteroatoms. The molecule has 1 rings (SSSR count). The molecule has 0 spiro atoms. The molecule has 2 amide bonds. The molecular weight excluding hydrogens is 326 g/mol. The zero-order chi connectivity index (χ0) is 19.0. The highest BCUT2D eigenvalue weighted by atomic mass is 16.7. The van der Waals surface area contributed by atoms with E-state index in [1.807, 2.05) is 5.48 Å². The second-order valence-electron chi connectivity index (χ2n) is 6.74. The first-order valence-corrected chi connectivity index (χ1v) is 8.74. The van der Waals surface area contributed by atoms with Crippen LogP contribution in [-0.4, -0.2) is 53.1 Å². The van der Waals surface area contributed by atoms with Crippen LogP contribution in [0.4, 0.5) is 0 Å². The van der Waals surface area contributed by atoms with Crippen LogP contribution in [0.2, 0.25) is 0 Å². The Hall–Kier alpha value is -1.96. The lowest BCUT2D eigenvalue weighted by atomic mass is 9.97. The Balaban J connectivity index is 2.34. The van der Waals surface area contributed by atoms with Crippen molar-refractivity contribution in [3.63, 3.8) is 0 Å². The average molecular weight is 355 g/mol. The van der Waals surface area contributed by atoms with Gasteiger partial charge in [-0.2, -0.15) is 5.48 Å². The number of amides is 2. The summed E-state index contributed by atoms with van der Waals surface area (Å²) in [5, 5.41) is 2.58. The summed E-state index contributed by atoms with van der Waals surface area (Å²) in [7, 11) is 0. The van der Waals surface area contributed by atoms with Gasteiger partial charge in [-0.3, -0.25) is 14.5 Å². The number of piperidine rings is 1. The third-order valence-electron chi connectivity index (χ3n) is 4.40. The van der Waals surface area contributed by atoms with Crippen molar-refractivity contribution in [1.82, 2.24) is 15.7 Å². The third kappa shape index (κ3) is 7.64. The number of rotatable bonds is 7. The summed E-state index contributed by atoms with van der Waals surface area (Å²) in [6, 6.07) is -0.217. The summed E-state index contributed by atoms with van der Waals surface area (Å²) in [4.78, 5) is 52.9. The molecule has 0 aromatic heterocycles. The molecule has 3 unspecified atom stereocenters. The summed E-state index contributed by atoms with van der Waals surface area (Å²) >= 11 is 0. The number of Topliss-reactive ketones (excluding diaryl/α,β-unsaturated/α-hetero) is 1. The number of likely N-dealkylation sites (tertiary alicyclic amines) is 1. The quantitative estimate of drug-likeness (QED) is 0.651. The Morgan fingerprint density at radius 3 is 2.24 bits per heavy atom. The first-order chi connectivity index (χ1) is 11.7. The standard InChI is InChI=1S/C17H29N3O5/c1-11-6-5-7-12(2)20(11)10-16(23)18-14(4)17(24)25-19-15(22)9-8-13(3)21/h11-12,14H,5-10H2,1-4H3,(H,18,23)(H,19,22). The molecule has 1 aliphatic rings. The Morgan fingerprint density at radius 2 is 1.68 bits per heavy atom. The van der Waals surface area contributed by atoms with Gasteiger partial charge >= 0.3 is 5.97 Å². The Morgan fingerprint density at radius 1 is 1.08 bits per heavy atom. The zero-order valence-electron chi connectivity index (χ0n) is 15.5. The van der Waals surface area contributed by atoms with Gasteiger partial charge in [-0.05, 0) is 40.5 Å². The number of hydroxylamine groups is 1. The minimum Gasteiger partial charge on any atom is -0.342 e. The lowest BCUT2D eigenvalue weighted by Crippen LogP contribution is -2.51. The minimum absolute atomic E-state index is 0.0475. The second-order valence-corrected chi connectivity index (χ2v) is 6.74. The van der Waals surface area contributed by atoms with Crippen molar-refractivity contribution >= 4 is 23.6 Å². The van der Waals surface area contributed by atoms with Gasteiger partial charge in [0.05, 0.1) is 6.54 Å². The summed E-state index contributed by atoms with van der Waals surface area (Å²) in [5.41, 5.74) is 1.99. The van der Waals surface area contributed by atoms with E-state index in [0.29, 0.717) is 12.1 Å². The normalized spacial score (nSPS) is 21.9. The van der Waals surface area contributed by atoms with Crippen molar-refractivity contribution in [1.29, 1.82) is 0 Å². The SMILES string of the molecule is CC(=O)CCC(=O)NOC(=O)C(C)NC(=O)CN1C(C)CCCC1C. The van der Waals surface area contributed by atoms with Gasteiger partial charge in [0.2, 0.25) is 5.91 Å². The van der Waals surface area contributed by atoms with Gasteiger partial charge < -0.3 is 14.9 Å². The molecule has 1 saturated heterocycles. The predicted molar refractivity (Wildman–Crippen MR) is 91.2 cm³/mol. The van der Waals surface area contributed by atoms with Gasteiger partial charge in [0.1, 0.15) is 11.8 Å². The first kappa shape index (κ1) is 21.1. The van der Waals surface area contributed by atoms with Crippen LogP contribution in [0, 0.1) is 0 Å². The molecule has 1 fully saturated rings. The fraction of sp³-hybridized carbons (Fsp3) is 0.765. The highest BCUT2D eigenvalue weighted by Crippen LogP contribution is 2.21. The summed E-state index contributed by atoms with van der Waals surface area (Å²) in [6.07, 6.45) is 3.31. The van der Waals surface area contributed by atoms with E-state index in [4.69, 9.17) is 0 Å². The summed E-state index contributed by atoms with van der Waals surface area (Å²) < 4.78 is 0. The third-order valence-corrected chi connectivity index (χ3v) is 4.40. The molecule has 0 saturated carbocycles. The van der Waals surface area contributed by atoms with Crippen LogP contribution in [0.15, 0.2) is 0 Å². The fourth-order valence-electron chi connectivity index (χ4n) is 2.83. The lowest BCUT2D eigenvalue weighted by molar-refractivity contribution is -0.160. The van der Waals surface area contributed by atoms with Gasteiger partial charge in [0.15, 0.2) is 0 Å². The first-order valence-electron chi connectivity index (χ1n) is 8.74. The van der Waals surface area contributed by atoms with E-state index < -0.39 is 17.9 Å². The fourth-order valence-corrected chi connectivity index (χ4v) is 2.83. The van der Waals surface area contributed by atoms with Gasteiger partial charge in [-0.1, -0.05) is 6.42 Å². The van der Waals surface area contributed by atoms with Crippen LogP contribution in [0.3, 0.4) is 0 Å². The van der Waals surface area contributed by atoms with Gasteiger partial charge in [0.25, 0.3) is 5.91 Å². The van der Waals surface area contributed by atoms with Crippen molar-refractivity contribution < 1.29 is 24.0 Å². The minimum atomic E-state index is -0.879. The number of hydrogen-bond acceptors (Lipinski definition) is 6. The Kier molecular flexibility index (Phi) is 8.54. The van der Waals surface area contributed by atoms with E-state index >= 15 is 0 Å². The molecule has 1 heterocycles. The van der Waals surface area contributed by atoms with Crippen molar-refractivity contribution in [2.45, 2.75) is 77.9 Å². The van der Waals surface area contributed by atoms with E-state index in [1.165, 1.54) is 13.8 Å². The largest absolute Gasteiger partial charge is 0.353 e. The van der Waals surface area contributed by atoms with Crippen LogP contribution in [-0.2, 0) is 24.0 Å². The smallest absolute Gasteiger partial charge is 0.342 e. The molecule has 142 valence electrons.